The molecule has 2 heterocycles. The lowest BCUT2D eigenvalue weighted by Gasteiger charge is -2.34. The fourth-order valence-electron chi connectivity index (χ4n) is 2.82. The van der Waals surface area contributed by atoms with Crippen LogP contribution < -0.4 is 5.73 Å². The van der Waals surface area contributed by atoms with Crippen LogP contribution in [0.5, 0.6) is 0 Å². The van der Waals surface area contributed by atoms with Gasteiger partial charge in [0.25, 0.3) is 5.91 Å². The molecule has 2 atom stereocenters. The standard InChI is InChI=1S/C15H22N4O/c1-10(16)12-3-2-8-19(9-12)15(20)13-6-7-17-14(18-13)11-4-5-11/h6-7,10-12H,2-5,8-9,16H2,1H3/t10-,12-/m1/s1. The van der Waals surface area contributed by atoms with Crippen LogP contribution in [-0.2, 0) is 0 Å². The zero-order chi connectivity index (χ0) is 14.1. The molecule has 0 unspecified atom stereocenters. The maximum absolute atomic E-state index is 12.6. The van der Waals surface area contributed by atoms with Crippen molar-refractivity contribution in [2.24, 2.45) is 11.7 Å². The highest BCUT2D eigenvalue weighted by Crippen LogP contribution is 2.37. The first kappa shape index (κ1) is 13.5. The number of amides is 1. The second-order valence-corrected chi connectivity index (χ2v) is 6.09. The van der Waals surface area contributed by atoms with E-state index >= 15 is 0 Å². The van der Waals surface area contributed by atoms with Gasteiger partial charge in [0.05, 0.1) is 0 Å². The van der Waals surface area contributed by atoms with E-state index < -0.39 is 0 Å². The number of piperidine rings is 1. The van der Waals surface area contributed by atoms with Crippen molar-refractivity contribution in [1.29, 1.82) is 0 Å². The van der Waals surface area contributed by atoms with E-state index in [1.54, 1.807) is 12.3 Å². The number of carbonyl (C=O) groups excluding carboxylic acids is 1. The molecule has 1 aromatic heterocycles. The van der Waals surface area contributed by atoms with Gasteiger partial charge in [-0.05, 0) is 44.6 Å². The summed E-state index contributed by atoms with van der Waals surface area (Å²) in [5.41, 5.74) is 6.51. The molecule has 0 spiro atoms. The van der Waals surface area contributed by atoms with E-state index in [0.717, 1.165) is 44.6 Å². The maximum Gasteiger partial charge on any atom is 0.272 e. The van der Waals surface area contributed by atoms with Crippen LogP contribution in [0.2, 0.25) is 0 Å². The van der Waals surface area contributed by atoms with Crippen molar-refractivity contribution < 1.29 is 4.79 Å². The summed E-state index contributed by atoms with van der Waals surface area (Å²) in [5.74, 6) is 1.73. The molecule has 5 nitrogen and oxygen atoms in total. The molecule has 2 N–H and O–H groups in total. The number of hydrogen-bond donors (Lipinski definition) is 1. The molecule has 1 saturated carbocycles. The van der Waals surface area contributed by atoms with Gasteiger partial charge in [0.15, 0.2) is 0 Å². The van der Waals surface area contributed by atoms with Crippen LogP contribution in [0.3, 0.4) is 0 Å². The van der Waals surface area contributed by atoms with Crippen LogP contribution in [-0.4, -0.2) is 39.9 Å². The van der Waals surface area contributed by atoms with Crippen molar-refractivity contribution in [1.82, 2.24) is 14.9 Å². The Kier molecular flexibility index (Phi) is 3.70. The van der Waals surface area contributed by atoms with Gasteiger partial charge in [-0.15, -0.1) is 0 Å². The zero-order valence-electron chi connectivity index (χ0n) is 12.0. The highest BCUT2D eigenvalue weighted by molar-refractivity contribution is 5.92. The normalized spacial score (nSPS) is 24.5. The quantitative estimate of drug-likeness (QED) is 0.907. The number of hydrogen-bond acceptors (Lipinski definition) is 4. The highest BCUT2D eigenvalue weighted by atomic mass is 16.2. The Morgan fingerprint density at radius 3 is 2.95 bits per heavy atom. The van der Waals surface area contributed by atoms with Gasteiger partial charge in [-0.25, -0.2) is 9.97 Å². The second-order valence-electron chi connectivity index (χ2n) is 6.09. The summed E-state index contributed by atoms with van der Waals surface area (Å²) in [6, 6.07) is 1.86. The average Bonchev–Trinajstić information content (AvgIpc) is 3.31. The van der Waals surface area contributed by atoms with E-state index in [1.165, 1.54) is 0 Å². The molecule has 20 heavy (non-hydrogen) atoms. The van der Waals surface area contributed by atoms with Crippen LogP contribution in [0, 0.1) is 5.92 Å². The van der Waals surface area contributed by atoms with E-state index in [9.17, 15) is 4.79 Å². The fraction of sp³-hybridized carbons (Fsp3) is 0.667. The minimum atomic E-state index is 0.0275. The predicted octanol–water partition coefficient (Wildman–Crippen LogP) is 1.55. The molecule has 1 saturated heterocycles. The van der Waals surface area contributed by atoms with E-state index in [1.807, 2.05) is 11.8 Å². The van der Waals surface area contributed by atoms with Gasteiger partial charge in [0, 0.05) is 31.2 Å². The Balaban J connectivity index is 1.72. The minimum Gasteiger partial charge on any atom is -0.337 e. The lowest BCUT2D eigenvalue weighted by atomic mass is 9.92. The van der Waals surface area contributed by atoms with Crippen LogP contribution in [0.25, 0.3) is 0 Å². The number of nitrogens with two attached hydrogens (primary N) is 1. The third-order valence-corrected chi connectivity index (χ3v) is 4.32. The van der Waals surface area contributed by atoms with Gasteiger partial charge < -0.3 is 10.6 Å². The van der Waals surface area contributed by atoms with Crippen molar-refractivity contribution in [3.05, 3.63) is 23.8 Å². The number of rotatable bonds is 3. The van der Waals surface area contributed by atoms with E-state index in [0.29, 0.717) is 17.5 Å². The molecular formula is C15H22N4O. The summed E-state index contributed by atoms with van der Waals surface area (Å²) >= 11 is 0. The molecule has 0 aromatic carbocycles. The van der Waals surface area contributed by atoms with E-state index in [-0.39, 0.29) is 11.9 Å². The number of likely N-dealkylation sites (tertiary alicyclic amines) is 1. The molecule has 1 amide bonds. The summed E-state index contributed by atoms with van der Waals surface area (Å²) < 4.78 is 0. The van der Waals surface area contributed by atoms with Crippen molar-refractivity contribution in [2.75, 3.05) is 13.1 Å². The summed E-state index contributed by atoms with van der Waals surface area (Å²) in [6.07, 6.45) is 6.14. The Bertz CT molecular complexity index is 498. The molecule has 0 radical (unpaired) electrons. The first-order valence-electron chi connectivity index (χ1n) is 7.53. The monoisotopic (exact) mass is 274 g/mol. The van der Waals surface area contributed by atoms with Crippen molar-refractivity contribution in [3.63, 3.8) is 0 Å². The third kappa shape index (κ3) is 2.82. The van der Waals surface area contributed by atoms with Gasteiger partial charge in [0.2, 0.25) is 0 Å². The minimum absolute atomic E-state index is 0.0275. The van der Waals surface area contributed by atoms with Gasteiger partial charge >= 0.3 is 0 Å². The van der Waals surface area contributed by atoms with Crippen molar-refractivity contribution in [2.45, 2.75) is 44.6 Å². The van der Waals surface area contributed by atoms with Gasteiger partial charge in [0.1, 0.15) is 11.5 Å². The van der Waals surface area contributed by atoms with E-state index in [4.69, 9.17) is 5.73 Å². The van der Waals surface area contributed by atoms with Crippen LogP contribution in [0.1, 0.15) is 54.8 Å². The Morgan fingerprint density at radius 2 is 2.25 bits per heavy atom. The van der Waals surface area contributed by atoms with Crippen LogP contribution in [0.4, 0.5) is 0 Å². The number of carbonyl (C=O) groups is 1. The first-order valence-corrected chi connectivity index (χ1v) is 7.53. The molecule has 1 aliphatic heterocycles. The molecule has 1 aromatic rings. The lowest BCUT2D eigenvalue weighted by molar-refractivity contribution is 0.0654. The van der Waals surface area contributed by atoms with Crippen LogP contribution in [0.15, 0.2) is 12.3 Å². The summed E-state index contributed by atoms with van der Waals surface area (Å²) in [6.45, 7) is 3.58. The van der Waals surface area contributed by atoms with Crippen molar-refractivity contribution in [3.8, 4) is 0 Å². The topological polar surface area (TPSA) is 72.1 Å². The SMILES string of the molecule is C[C@@H](N)[C@@H]1CCCN(C(=O)c2ccnc(C3CC3)n2)C1. The second kappa shape index (κ2) is 5.48. The molecule has 0 bridgehead atoms. The largest absolute Gasteiger partial charge is 0.337 e. The Hall–Kier alpha value is -1.49. The van der Waals surface area contributed by atoms with Crippen LogP contribution >= 0.6 is 0 Å². The van der Waals surface area contributed by atoms with Crippen molar-refractivity contribution >= 4 is 5.91 Å². The fourth-order valence-corrected chi connectivity index (χ4v) is 2.82. The molecule has 2 aliphatic rings. The summed E-state index contributed by atoms with van der Waals surface area (Å²) in [5, 5.41) is 0. The zero-order valence-corrected chi connectivity index (χ0v) is 12.0. The molecule has 1 aliphatic carbocycles. The van der Waals surface area contributed by atoms with Gasteiger partial charge in [-0.2, -0.15) is 0 Å². The predicted molar refractivity (Wildman–Crippen MR) is 76.3 cm³/mol. The number of nitrogens with zero attached hydrogens (tertiary/aromatic N) is 3. The van der Waals surface area contributed by atoms with Gasteiger partial charge in [-0.3, -0.25) is 4.79 Å². The molecule has 3 rings (SSSR count). The van der Waals surface area contributed by atoms with E-state index in [2.05, 4.69) is 9.97 Å². The Morgan fingerprint density at radius 1 is 1.45 bits per heavy atom. The number of aromatic nitrogens is 2. The maximum atomic E-state index is 12.6. The molecule has 108 valence electrons. The summed E-state index contributed by atoms with van der Waals surface area (Å²) in [7, 11) is 0. The third-order valence-electron chi connectivity index (χ3n) is 4.32. The highest BCUT2D eigenvalue weighted by Gasteiger charge is 2.30. The molecule has 5 heteroatoms. The molecular weight excluding hydrogens is 252 g/mol. The molecule has 2 fully saturated rings. The lowest BCUT2D eigenvalue weighted by Crippen LogP contribution is -2.45. The summed E-state index contributed by atoms with van der Waals surface area (Å²) in [4.78, 5) is 23.2. The van der Waals surface area contributed by atoms with Gasteiger partial charge in [-0.1, -0.05) is 0 Å². The smallest absolute Gasteiger partial charge is 0.272 e. The first-order chi connectivity index (χ1) is 9.65. The Labute approximate surface area is 119 Å². The average molecular weight is 274 g/mol.